The molecular weight excluding hydrogens is 524 g/mol. The molecule has 1 N–H and O–H groups in total. The number of esters is 2. The van der Waals surface area contributed by atoms with Crippen molar-refractivity contribution in [2.75, 3.05) is 7.05 Å². The van der Waals surface area contributed by atoms with Crippen LogP contribution < -0.4 is 5.32 Å². The predicted octanol–water partition coefficient (Wildman–Crippen LogP) is 4.92. The van der Waals surface area contributed by atoms with Gasteiger partial charge in [0, 0.05) is 13.5 Å². The van der Waals surface area contributed by atoms with E-state index in [1.807, 2.05) is 60.7 Å². The molecule has 2 amide bonds. The fourth-order valence-corrected chi connectivity index (χ4v) is 4.00. The van der Waals surface area contributed by atoms with Crippen LogP contribution in [0.3, 0.4) is 0 Å². The second-order valence-electron chi connectivity index (χ2n) is 11.7. The third-order valence-electron chi connectivity index (χ3n) is 6.26. The van der Waals surface area contributed by atoms with Gasteiger partial charge in [0.05, 0.1) is 0 Å². The summed E-state index contributed by atoms with van der Waals surface area (Å²) in [5.74, 6) is -2.64. The molecule has 2 aromatic carbocycles. The van der Waals surface area contributed by atoms with Crippen LogP contribution in [0.2, 0.25) is 0 Å². The van der Waals surface area contributed by atoms with Crippen LogP contribution in [0.15, 0.2) is 60.7 Å². The molecular formula is C32H44N2O7. The van der Waals surface area contributed by atoms with E-state index in [1.54, 1.807) is 48.5 Å². The average Bonchev–Trinajstić information content (AvgIpc) is 2.91. The standard InChI is InChI=1S/C32H44N2O7/c1-21(2)26(33-31(38)39-20-24-17-13-10-14-18-24)30(37)40-27(22(3)4)28(35)34(8)25(29(36)41-32(5,6)7)19-23-15-11-9-12-16-23/h9-18,21-22,25-27H,19-20H2,1-8H3,(H,33,38)/t25-,26+,27+/m1/s1. The van der Waals surface area contributed by atoms with Crippen molar-refractivity contribution >= 4 is 23.9 Å². The number of hydrogen-bond acceptors (Lipinski definition) is 7. The number of carbonyl (C=O) groups excluding carboxylic acids is 4. The molecule has 0 bridgehead atoms. The van der Waals surface area contributed by atoms with Gasteiger partial charge in [-0.3, -0.25) is 4.79 Å². The molecule has 2 rings (SSSR count). The summed E-state index contributed by atoms with van der Waals surface area (Å²) in [6, 6.07) is 16.5. The number of nitrogens with one attached hydrogen (secondary N) is 1. The monoisotopic (exact) mass is 568 g/mol. The van der Waals surface area contributed by atoms with Crippen molar-refractivity contribution in [3.63, 3.8) is 0 Å². The van der Waals surface area contributed by atoms with Crippen molar-refractivity contribution in [3.8, 4) is 0 Å². The highest BCUT2D eigenvalue weighted by Gasteiger charge is 2.38. The van der Waals surface area contributed by atoms with E-state index in [4.69, 9.17) is 14.2 Å². The Morgan fingerprint density at radius 3 is 1.83 bits per heavy atom. The van der Waals surface area contributed by atoms with Crippen molar-refractivity contribution in [2.45, 2.75) is 85.3 Å². The molecule has 0 spiro atoms. The van der Waals surface area contributed by atoms with Gasteiger partial charge < -0.3 is 24.4 Å². The molecule has 0 heterocycles. The van der Waals surface area contributed by atoms with Crippen molar-refractivity contribution < 1.29 is 33.4 Å². The Kier molecular flexibility index (Phi) is 12.4. The zero-order valence-electron chi connectivity index (χ0n) is 25.4. The topological polar surface area (TPSA) is 111 Å². The molecule has 41 heavy (non-hydrogen) atoms. The lowest BCUT2D eigenvalue weighted by atomic mass is 10.0. The third kappa shape index (κ3) is 10.9. The zero-order chi connectivity index (χ0) is 30.7. The first-order valence-corrected chi connectivity index (χ1v) is 13.9. The van der Waals surface area contributed by atoms with E-state index in [0.717, 1.165) is 11.1 Å². The molecule has 0 unspecified atom stereocenters. The number of amides is 2. The van der Waals surface area contributed by atoms with Gasteiger partial charge in [-0.1, -0.05) is 88.4 Å². The Bertz CT molecular complexity index is 1140. The molecule has 0 radical (unpaired) electrons. The summed E-state index contributed by atoms with van der Waals surface area (Å²) in [6.07, 6.45) is -1.75. The highest BCUT2D eigenvalue weighted by molar-refractivity contribution is 5.90. The molecule has 0 saturated carbocycles. The number of alkyl carbamates (subject to hydrolysis) is 1. The van der Waals surface area contributed by atoms with Crippen LogP contribution in [-0.2, 0) is 41.6 Å². The fraction of sp³-hybridized carbons (Fsp3) is 0.500. The number of carbonyl (C=O) groups is 4. The van der Waals surface area contributed by atoms with Crippen LogP contribution in [0.5, 0.6) is 0 Å². The summed E-state index contributed by atoms with van der Waals surface area (Å²) >= 11 is 0. The number of benzene rings is 2. The molecule has 224 valence electrons. The highest BCUT2D eigenvalue weighted by atomic mass is 16.6. The molecule has 0 fully saturated rings. The van der Waals surface area contributed by atoms with Gasteiger partial charge in [0.1, 0.15) is 24.3 Å². The molecule has 0 aliphatic carbocycles. The number of ether oxygens (including phenoxy) is 3. The maximum Gasteiger partial charge on any atom is 0.408 e. The second-order valence-corrected chi connectivity index (χ2v) is 11.7. The normalized spacial score (nSPS) is 13.6. The van der Waals surface area contributed by atoms with Gasteiger partial charge in [-0.25, -0.2) is 14.4 Å². The highest BCUT2D eigenvalue weighted by Crippen LogP contribution is 2.19. The minimum absolute atomic E-state index is 0.0396. The summed E-state index contributed by atoms with van der Waals surface area (Å²) in [5, 5.41) is 2.56. The van der Waals surface area contributed by atoms with Crippen LogP contribution >= 0.6 is 0 Å². The second kappa shape index (κ2) is 15.2. The molecule has 9 nitrogen and oxygen atoms in total. The molecule has 0 aliphatic heterocycles. The van der Waals surface area contributed by atoms with Crippen molar-refractivity contribution in [1.29, 1.82) is 0 Å². The largest absolute Gasteiger partial charge is 0.458 e. The first-order valence-electron chi connectivity index (χ1n) is 13.9. The van der Waals surface area contributed by atoms with Crippen LogP contribution in [0.25, 0.3) is 0 Å². The van der Waals surface area contributed by atoms with E-state index in [-0.39, 0.29) is 18.9 Å². The number of nitrogens with zero attached hydrogens (tertiary/aromatic N) is 1. The molecule has 0 aromatic heterocycles. The van der Waals surface area contributed by atoms with Crippen molar-refractivity contribution in [2.24, 2.45) is 11.8 Å². The summed E-state index contributed by atoms with van der Waals surface area (Å²) in [4.78, 5) is 54.0. The Balaban J connectivity index is 2.18. The van der Waals surface area contributed by atoms with Crippen molar-refractivity contribution in [3.05, 3.63) is 71.8 Å². The SMILES string of the molecule is CC(C)[C@H](NC(=O)OCc1ccccc1)C(=O)O[C@H](C(=O)N(C)[C@H](Cc1ccccc1)C(=O)OC(C)(C)C)C(C)C. The molecule has 9 heteroatoms. The number of hydrogen-bond donors (Lipinski definition) is 1. The first kappa shape index (κ1) is 33.3. The lowest BCUT2D eigenvalue weighted by molar-refractivity contribution is -0.171. The van der Waals surface area contributed by atoms with Crippen molar-refractivity contribution in [1.82, 2.24) is 10.2 Å². The zero-order valence-corrected chi connectivity index (χ0v) is 25.4. The summed E-state index contributed by atoms with van der Waals surface area (Å²) in [6.45, 7) is 12.3. The Morgan fingerprint density at radius 1 is 0.805 bits per heavy atom. The van der Waals surface area contributed by atoms with Crippen LogP contribution in [0.4, 0.5) is 4.79 Å². The van der Waals surface area contributed by atoms with Gasteiger partial charge >= 0.3 is 18.0 Å². The van der Waals surface area contributed by atoms with Gasteiger partial charge in [-0.05, 0) is 43.7 Å². The minimum atomic E-state index is -1.20. The van der Waals surface area contributed by atoms with Gasteiger partial charge in [0.2, 0.25) is 0 Å². The Labute approximate surface area is 243 Å². The average molecular weight is 569 g/mol. The Hall–Kier alpha value is -3.88. The van der Waals surface area contributed by atoms with E-state index >= 15 is 0 Å². The first-order chi connectivity index (χ1) is 19.2. The molecule has 0 aliphatic rings. The number of rotatable bonds is 12. The Morgan fingerprint density at radius 2 is 1.34 bits per heavy atom. The molecule has 3 atom stereocenters. The van der Waals surface area contributed by atoms with Gasteiger partial charge in [-0.15, -0.1) is 0 Å². The molecule has 0 saturated heterocycles. The van der Waals surface area contributed by atoms with E-state index in [1.165, 1.54) is 11.9 Å². The van der Waals surface area contributed by atoms with Crippen LogP contribution in [-0.4, -0.2) is 59.7 Å². The maximum absolute atomic E-state index is 13.7. The fourth-order valence-electron chi connectivity index (χ4n) is 4.00. The predicted molar refractivity (Wildman–Crippen MR) is 156 cm³/mol. The lowest BCUT2D eigenvalue weighted by Crippen LogP contribution is -2.53. The van der Waals surface area contributed by atoms with Gasteiger partial charge in [0.25, 0.3) is 5.91 Å². The van der Waals surface area contributed by atoms with E-state index < -0.39 is 53.6 Å². The third-order valence-corrected chi connectivity index (χ3v) is 6.26. The van der Waals surface area contributed by atoms with Crippen LogP contribution in [0.1, 0.15) is 59.6 Å². The number of likely N-dealkylation sites (N-methyl/N-ethyl adjacent to an activating group) is 1. The summed E-state index contributed by atoms with van der Waals surface area (Å²) in [5.41, 5.74) is 0.888. The van der Waals surface area contributed by atoms with Gasteiger partial charge in [-0.2, -0.15) is 0 Å². The van der Waals surface area contributed by atoms with E-state index in [9.17, 15) is 19.2 Å². The van der Waals surface area contributed by atoms with Crippen LogP contribution in [0, 0.1) is 11.8 Å². The maximum atomic E-state index is 13.7. The van der Waals surface area contributed by atoms with E-state index in [0.29, 0.717) is 0 Å². The minimum Gasteiger partial charge on any atom is -0.458 e. The van der Waals surface area contributed by atoms with E-state index in [2.05, 4.69) is 5.32 Å². The lowest BCUT2D eigenvalue weighted by Gasteiger charge is -2.33. The smallest absolute Gasteiger partial charge is 0.408 e. The quantitative estimate of drug-likeness (QED) is 0.286. The van der Waals surface area contributed by atoms with Gasteiger partial charge in [0.15, 0.2) is 6.10 Å². The summed E-state index contributed by atoms with van der Waals surface area (Å²) < 4.78 is 16.6. The molecule has 2 aromatic rings. The summed E-state index contributed by atoms with van der Waals surface area (Å²) in [7, 11) is 1.50.